The third kappa shape index (κ3) is 3.14. The van der Waals surface area contributed by atoms with Crippen LogP contribution in [0.2, 0.25) is 0 Å². The third-order valence-electron chi connectivity index (χ3n) is 4.47. The number of hydrogen-bond acceptors (Lipinski definition) is 5. The van der Waals surface area contributed by atoms with Gasteiger partial charge >= 0.3 is 0 Å². The van der Waals surface area contributed by atoms with Gasteiger partial charge in [-0.3, -0.25) is 0 Å². The van der Waals surface area contributed by atoms with Gasteiger partial charge in [0.25, 0.3) is 0 Å². The molecule has 1 aromatic carbocycles. The van der Waals surface area contributed by atoms with Gasteiger partial charge in [0, 0.05) is 11.3 Å². The number of nitrogens with two attached hydrogens (primary N) is 1. The van der Waals surface area contributed by atoms with Crippen molar-refractivity contribution >= 4 is 44.7 Å². The lowest BCUT2D eigenvalue weighted by molar-refractivity contribution is 0.411. The second kappa shape index (κ2) is 6.05. The Balaban J connectivity index is 1.79. The molecule has 0 atom stereocenters. The molecular weight excluding hydrogens is 298 g/mol. The Hall–Kier alpha value is -0.940. The van der Waals surface area contributed by atoms with Crippen LogP contribution in [0.1, 0.15) is 37.1 Å². The molecule has 0 aliphatic heterocycles. The number of benzene rings is 1. The van der Waals surface area contributed by atoms with Gasteiger partial charge in [-0.15, -0.1) is 11.3 Å². The van der Waals surface area contributed by atoms with Crippen molar-refractivity contribution in [1.29, 1.82) is 0 Å². The molecule has 5 heteroatoms. The van der Waals surface area contributed by atoms with E-state index in [1.54, 1.807) is 11.3 Å². The van der Waals surface area contributed by atoms with Crippen molar-refractivity contribution in [2.75, 3.05) is 23.9 Å². The number of thioether (sulfide) groups is 1. The summed E-state index contributed by atoms with van der Waals surface area (Å²) in [7, 11) is 0. The van der Waals surface area contributed by atoms with Gasteiger partial charge in [-0.1, -0.05) is 19.3 Å². The first-order valence-corrected chi connectivity index (χ1v) is 9.62. The summed E-state index contributed by atoms with van der Waals surface area (Å²) in [4.78, 5) is 4.56. The van der Waals surface area contributed by atoms with Crippen LogP contribution in [0.3, 0.4) is 0 Å². The highest BCUT2D eigenvalue weighted by Crippen LogP contribution is 2.39. The topological polar surface area (TPSA) is 50.9 Å². The van der Waals surface area contributed by atoms with Crippen LogP contribution in [0, 0.1) is 6.92 Å². The van der Waals surface area contributed by atoms with Crippen molar-refractivity contribution in [3.8, 4) is 0 Å². The molecule has 0 bridgehead atoms. The number of thiazole rings is 1. The third-order valence-corrected chi connectivity index (χ3v) is 6.82. The lowest BCUT2D eigenvalue weighted by Gasteiger charge is -2.36. The fourth-order valence-electron chi connectivity index (χ4n) is 3.16. The number of hydrogen-bond donors (Lipinski definition) is 2. The smallest absolute Gasteiger partial charge is 0.0907 e. The molecule has 1 aliphatic carbocycles. The Morgan fingerprint density at radius 1 is 1.33 bits per heavy atom. The monoisotopic (exact) mass is 321 g/mol. The van der Waals surface area contributed by atoms with Crippen LogP contribution < -0.4 is 11.1 Å². The molecule has 114 valence electrons. The summed E-state index contributed by atoms with van der Waals surface area (Å²) in [5.41, 5.74) is 9.12. The first-order chi connectivity index (χ1) is 10.1. The molecule has 0 saturated heterocycles. The van der Waals surface area contributed by atoms with Gasteiger partial charge in [0.05, 0.1) is 26.6 Å². The predicted molar refractivity (Wildman–Crippen MR) is 96.6 cm³/mol. The van der Waals surface area contributed by atoms with Crippen molar-refractivity contribution < 1.29 is 0 Å². The first-order valence-electron chi connectivity index (χ1n) is 7.58. The van der Waals surface area contributed by atoms with Crippen molar-refractivity contribution in [2.45, 2.75) is 43.8 Å². The maximum Gasteiger partial charge on any atom is 0.0907 e. The van der Waals surface area contributed by atoms with Gasteiger partial charge in [-0.05, 0) is 38.2 Å². The lowest BCUT2D eigenvalue weighted by Crippen LogP contribution is -2.35. The summed E-state index contributed by atoms with van der Waals surface area (Å²) in [6.45, 7) is 3.03. The lowest BCUT2D eigenvalue weighted by atomic mass is 9.88. The number of fused-ring (bicyclic) bond motifs is 1. The van der Waals surface area contributed by atoms with E-state index in [0.717, 1.165) is 28.4 Å². The van der Waals surface area contributed by atoms with Crippen LogP contribution in [0.15, 0.2) is 12.1 Å². The largest absolute Gasteiger partial charge is 0.397 e. The van der Waals surface area contributed by atoms with Crippen molar-refractivity contribution in [3.05, 3.63) is 17.1 Å². The minimum Gasteiger partial charge on any atom is -0.397 e. The van der Waals surface area contributed by atoms with E-state index in [2.05, 4.69) is 28.7 Å². The average Bonchev–Trinajstić information content (AvgIpc) is 2.85. The Labute approximate surface area is 134 Å². The van der Waals surface area contributed by atoms with Crippen LogP contribution in [0.25, 0.3) is 10.2 Å². The summed E-state index contributed by atoms with van der Waals surface area (Å²) < 4.78 is 1.55. The zero-order chi connectivity index (χ0) is 14.9. The van der Waals surface area contributed by atoms with Gasteiger partial charge in [-0.25, -0.2) is 4.98 Å². The Kier molecular flexibility index (Phi) is 4.31. The van der Waals surface area contributed by atoms with E-state index in [0.29, 0.717) is 4.75 Å². The van der Waals surface area contributed by atoms with Crippen molar-refractivity contribution in [3.63, 3.8) is 0 Å². The second-order valence-corrected chi connectivity index (χ2v) is 8.45. The number of aryl methyl sites for hydroxylation is 1. The van der Waals surface area contributed by atoms with Gasteiger partial charge in [-0.2, -0.15) is 11.8 Å². The van der Waals surface area contributed by atoms with Crippen LogP contribution in [-0.4, -0.2) is 22.5 Å². The van der Waals surface area contributed by atoms with E-state index < -0.39 is 0 Å². The van der Waals surface area contributed by atoms with Gasteiger partial charge in [0.1, 0.15) is 0 Å². The van der Waals surface area contributed by atoms with E-state index in [-0.39, 0.29) is 0 Å². The maximum absolute atomic E-state index is 6.21. The van der Waals surface area contributed by atoms with Crippen molar-refractivity contribution in [2.24, 2.45) is 0 Å². The van der Waals surface area contributed by atoms with Gasteiger partial charge < -0.3 is 11.1 Å². The Bertz CT molecular complexity index is 630. The van der Waals surface area contributed by atoms with Gasteiger partial charge in [0.15, 0.2) is 0 Å². The van der Waals surface area contributed by atoms with Crippen molar-refractivity contribution in [1.82, 2.24) is 4.98 Å². The zero-order valence-corrected chi connectivity index (χ0v) is 14.4. The molecule has 2 aromatic rings. The number of aromatic nitrogens is 1. The minimum absolute atomic E-state index is 0.373. The van der Waals surface area contributed by atoms with E-state index >= 15 is 0 Å². The molecular formula is C16H23N3S2. The van der Waals surface area contributed by atoms with E-state index in [4.69, 9.17) is 5.73 Å². The highest BCUT2D eigenvalue weighted by Gasteiger charge is 2.30. The number of nitrogens with one attached hydrogen (secondary N) is 1. The summed E-state index contributed by atoms with van der Waals surface area (Å²) in [6.07, 6.45) is 8.93. The average molecular weight is 322 g/mol. The Morgan fingerprint density at radius 2 is 2.10 bits per heavy atom. The van der Waals surface area contributed by atoms with Crippen LogP contribution >= 0.6 is 23.1 Å². The normalized spacial score (nSPS) is 18.0. The van der Waals surface area contributed by atoms with Gasteiger partial charge in [0.2, 0.25) is 0 Å². The molecule has 0 spiro atoms. The molecule has 1 saturated carbocycles. The highest BCUT2D eigenvalue weighted by atomic mass is 32.2. The molecule has 0 unspecified atom stereocenters. The predicted octanol–water partition coefficient (Wildman–Crippen LogP) is 4.66. The quantitative estimate of drug-likeness (QED) is 0.804. The molecule has 3 rings (SSSR count). The van der Waals surface area contributed by atoms with E-state index in [1.165, 1.54) is 36.8 Å². The molecule has 0 amide bonds. The zero-order valence-electron chi connectivity index (χ0n) is 12.7. The number of anilines is 2. The number of nitrogens with zero attached hydrogens (tertiary/aromatic N) is 1. The molecule has 21 heavy (non-hydrogen) atoms. The van der Waals surface area contributed by atoms with E-state index in [9.17, 15) is 0 Å². The fourth-order valence-corrected chi connectivity index (χ4v) is 4.93. The molecule has 1 aliphatic rings. The van der Waals surface area contributed by atoms with Crippen LogP contribution in [0.5, 0.6) is 0 Å². The molecule has 1 aromatic heterocycles. The minimum atomic E-state index is 0.373. The molecule has 0 radical (unpaired) electrons. The first kappa shape index (κ1) is 15.0. The highest BCUT2D eigenvalue weighted by molar-refractivity contribution is 8.00. The summed E-state index contributed by atoms with van der Waals surface area (Å²) in [6, 6.07) is 4.15. The SMILES string of the molecule is CSC1(CNc2cc3nc(C)sc3cc2N)CCCCC1. The maximum atomic E-state index is 6.21. The standard InChI is InChI=1S/C16H23N3S2/c1-11-19-14-9-13(12(17)8-15(14)21-11)18-10-16(20-2)6-4-3-5-7-16/h8-9,18H,3-7,10,17H2,1-2H3. The number of nitrogen functional groups attached to an aromatic ring is 1. The summed E-state index contributed by atoms with van der Waals surface area (Å²) in [5, 5.41) is 4.69. The second-order valence-electron chi connectivity index (χ2n) is 5.94. The van der Waals surface area contributed by atoms with Crippen LogP contribution in [-0.2, 0) is 0 Å². The Morgan fingerprint density at radius 3 is 2.81 bits per heavy atom. The molecule has 3 N–H and O–H groups in total. The van der Waals surface area contributed by atoms with Crippen LogP contribution in [0.4, 0.5) is 11.4 Å². The van der Waals surface area contributed by atoms with E-state index in [1.807, 2.05) is 18.7 Å². The molecule has 1 fully saturated rings. The molecule has 3 nitrogen and oxygen atoms in total. The number of rotatable bonds is 4. The fraction of sp³-hybridized carbons (Fsp3) is 0.562. The summed E-state index contributed by atoms with van der Waals surface area (Å²) >= 11 is 3.71. The molecule has 1 heterocycles. The summed E-state index contributed by atoms with van der Waals surface area (Å²) in [5.74, 6) is 0.